The van der Waals surface area contributed by atoms with E-state index >= 15 is 0 Å². The summed E-state index contributed by atoms with van der Waals surface area (Å²) in [4.78, 5) is 24.9. The molecule has 18 heavy (non-hydrogen) atoms. The maximum absolute atomic E-state index is 10.7. The van der Waals surface area contributed by atoms with Crippen LogP contribution in [0.15, 0.2) is 18.3 Å². The van der Waals surface area contributed by atoms with Crippen LogP contribution in [0.2, 0.25) is 0 Å². The van der Waals surface area contributed by atoms with Crippen molar-refractivity contribution in [2.24, 2.45) is 0 Å². The van der Waals surface area contributed by atoms with E-state index in [1.54, 1.807) is 19.2 Å². The Labute approximate surface area is 105 Å². The van der Waals surface area contributed by atoms with Gasteiger partial charge in [-0.3, -0.25) is 19.9 Å². The van der Waals surface area contributed by atoms with Crippen molar-refractivity contribution in [3.05, 3.63) is 39.7 Å². The Morgan fingerprint density at radius 3 is 2.94 bits per heavy atom. The minimum atomic E-state index is -0.447. The molecule has 0 saturated carbocycles. The van der Waals surface area contributed by atoms with Gasteiger partial charge in [0.05, 0.1) is 4.92 Å². The van der Waals surface area contributed by atoms with E-state index in [4.69, 9.17) is 0 Å². The van der Waals surface area contributed by atoms with Gasteiger partial charge in [-0.05, 0) is 18.9 Å². The predicted octanol–water partition coefficient (Wildman–Crippen LogP) is 1.84. The molecule has 1 rings (SSSR count). The Balaban J connectivity index is 2.62. The lowest BCUT2D eigenvalue weighted by Crippen LogP contribution is -2.20. The van der Waals surface area contributed by atoms with Gasteiger partial charge in [0, 0.05) is 25.7 Å². The molecule has 0 fully saturated rings. The van der Waals surface area contributed by atoms with Crippen LogP contribution in [-0.4, -0.2) is 22.4 Å². The van der Waals surface area contributed by atoms with Gasteiger partial charge in [-0.2, -0.15) is 0 Å². The highest BCUT2D eigenvalue weighted by molar-refractivity contribution is 5.72. The molecule has 0 unspecified atom stereocenters. The summed E-state index contributed by atoms with van der Waals surface area (Å²) < 4.78 is 0. The Bertz CT molecular complexity index is 483. The fourth-order valence-electron chi connectivity index (χ4n) is 1.36. The first kappa shape index (κ1) is 13.8. The second-order valence-electron chi connectivity index (χ2n) is 3.80. The van der Waals surface area contributed by atoms with Crippen LogP contribution in [0.4, 0.5) is 5.69 Å². The van der Waals surface area contributed by atoms with Gasteiger partial charge < -0.3 is 5.32 Å². The molecule has 0 aliphatic carbocycles. The van der Waals surface area contributed by atoms with E-state index in [0.717, 1.165) is 0 Å². The van der Waals surface area contributed by atoms with Crippen molar-refractivity contribution in [3.8, 4) is 0 Å². The number of pyridine rings is 1. The van der Waals surface area contributed by atoms with Gasteiger partial charge in [0.15, 0.2) is 0 Å². The maximum atomic E-state index is 10.7. The van der Waals surface area contributed by atoms with Gasteiger partial charge >= 0.3 is 0 Å². The number of amides is 1. The van der Waals surface area contributed by atoms with Crippen molar-refractivity contribution in [1.82, 2.24) is 10.3 Å². The van der Waals surface area contributed by atoms with Crippen molar-refractivity contribution in [2.75, 3.05) is 6.54 Å². The Hall–Kier alpha value is -2.24. The first-order valence-corrected chi connectivity index (χ1v) is 5.52. The van der Waals surface area contributed by atoms with E-state index in [-0.39, 0.29) is 11.6 Å². The number of aryl methyl sites for hydroxylation is 1. The van der Waals surface area contributed by atoms with Gasteiger partial charge in [-0.25, -0.2) is 0 Å². The second-order valence-corrected chi connectivity index (χ2v) is 3.80. The molecule has 6 nitrogen and oxygen atoms in total. The van der Waals surface area contributed by atoms with Crippen LogP contribution in [0.5, 0.6) is 0 Å². The zero-order valence-corrected chi connectivity index (χ0v) is 10.3. The van der Waals surface area contributed by atoms with Crippen LogP contribution in [0.3, 0.4) is 0 Å². The van der Waals surface area contributed by atoms with E-state index in [1.165, 1.54) is 13.0 Å². The number of hydrogen-bond acceptors (Lipinski definition) is 4. The quantitative estimate of drug-likeness (QED) is 0.490. The van der Waals surface area contributed by atoms with E-state index < -0.39 is 4.92 Å². The summed E-state index contributed by atoms with van der Waals surface area (Å²) in [5, 5.41) is 13.4. The molecule has 0 saturated heterocycles. The smallest absolute Gasteiger partial charge is 0.291 e. The van der Waals surface area contributed by atoms with Crippen molar-refractivity contribution in [3.63, 3.8) is 0 Å². The molecule has 0 atom stereocenters. The molecule has 1 heterocycles. The Kier molecular flexibility index (Phi) is 4.98. The highest BCUT2D eigenvalue weighted by Gasteiger charge is 2.10. The molecule has 1 N–H and O–H groups in total. The number of hydrogen-bond donors (Lipinski definition) is 1. The van der Waals surface area contributed by atoms with Crippen LogP contribution in [0, 0.1) is 17.0 Å². The van der Waals surface area contributed by atoms with E-state index in [2.05, 4.69) is 10.3 Å². The Morgan fingerprint density at radius 1 is 1.61 bits per heavy atom. The van der Waals surface area contributed by atoms with Gasteiger partial charge in [0.25, 0.3) is 5.69 Å². The molecule has 1 amide bonds. The van der Waals surface area contributed by atoms with Gasteiger partial charge in [-0.1, -0.05) is 12.2 Å². The zero-order valence-electron chi connectivity index (χ0n) is 10.3. The summed E-state index contributed by atoms with van der Waals surface area (Å²) in [5.74, 6) is -0.0731. The number of rotatable bonds is 5. The van der Waals surface area contributed by atoms with Crippen LogP contribution in [0.25, 0.3) is 6.08 Å². The SMILES string of the molecule is CC(=O)NCCC=Cc1cnc(C)c([N+](=O)[O-])c1. The summed E-state index contributed by atoms with van der Waals surface area (Å²) in [5.41, 5.74) is 1.09. The molecule has 0 aliphatic heterocycles. The molecular weight excluding hydrogens is 234 g/mol. The van der Waals surface area contributed by atoms with E-state index in [9.17, 15) is 14.9 Å². The average molecular weight is 249 g/mol. The topological polar surface area (TPSA) is 85.1 Å². The molecule has 1 aromatic rings. The molecular formula is C12H15N3O3. The molecule has 6 heteroatoms. The van der Waals surface area contributed by atoms with Crippen LogP contribution >= 0.6 is 0 Å². The predicted molar refractivity (Wildman–Crippen MR) is 68.0 cm³/mol. The number of aromatic nitrogens is 1. The minimum Gasteiger partial charge on any atom is -0.356 e. The summed E-state index contributed by atoms with van der Waals surface area (Å²) in [6, 6.07) is 1.48. The van der Waals surface area contributed by atoms with Gasteiger partial charge in [0.2, 0.25) is 5.91 Å². The fraction of sp³-hybridized carbons (Fsp3) is 0.333. The Morgan fingerprint density at radius 2 is 2.33 bits per heavy atom. The summed E-state index contributed by atoms with van der Waals surface area (Å²) in [7, 11) is 0. The normalized spacial score (nSPS) is 10.6. The van der Waals surface area contributed by atoms with Gasteiger partial charge in [-0.15, -0.1) is 0 Å². The van der Waals surface area contributed by atoms with Crippen molar-refractivity contribution in [1.29, 1.82) is 0 Å². The van der Waals surface area contributed by atoms with E-state index in [0.29, 0.717) is 24.2 Å². The average Bonchev–Trinajstić information content (AvgIpc) is 2.30. The number of nitro groups is 1. The molecule has 0 bridgehead atoms. The number of carbonyl (C=O) groups excluding carboxylic acids is 1. The zero-order chi connectivity index (χ0) is 13.5. The third kappa shape index (κ3) is 4.32. The minimum absolute atomic E-state index is 0.0130. The maximum Gasteiger partial charge on any atom is 0.291 e. The highest BCUT2D eigenvalue weighted by Crippen LogP contribution is 2.17. The monoisotopic (exact) mass is 249 g/mol. The van der Waals surface area contributed by atoms with Crippen molar-refractivity contribution < 1.29 is 9.72 Å². The molecule has 0 aliphatic rings. The third-order valence-electron chi connectivity index (χ3n) is 2.27. The summed E-state index contributed by atoms with van der Waals surface area (Å²) in [6.45, 7) is 3.60. The first-order valence-electron chi connectivity index (χ1n) is 5.52. The standard InChI is InChI=1S/C12H15N3O3/c1-9-12(15(17)18)7-11(8-14-9)5-3-4-6-13-10(2)16/h3,5,7-8H,4,6H2,1-2H3,(H,13,16). The van der Waals surface area contributed by atoms with E-state index in [1.807, 2.05) is 6.08 Å². The summed E-state index contributed by atoms with van der Waals surface area (Å²) >= 11 is 0. The third-order valence-corrected chi connectivity index (χ3v) is 2.27. The second kappa shape index (κ2) is 6.48. The summed E-state index contributed by atoms with van der Waals surface area (Å²) in [6.07, 6.45) is 5.84. The van der Waals surface area contributed by atoms with Crippen molar-refractivity contribution in [2.45, 2.75) is 20.3 Å². The first-order chi connectivity index (χ1) is 8.50. The molecule has 96 valence electrons. The molecule has 0 radical (unpaired) electrons. The fourth-order valence-corrected chi connectivity index (χ4v) is 1.36. The lowest BCUT2D eigenvalue weighted by molar-refractivity contribution is -0.385. The number of nitrogens with zero attached hydrogens (tertiary/aromatic N) is 2. The number of nitrogens with one attached hydrogen (secondary N) is 1. The molecule has 0 spiro atoms. The van der Waals surface area contributed by atoms with Gasteiger partial charge in [0.1, 0.15) is 5.69 Å². The van der Waals surface area contributed by atoms with Crippen LogP contribution in [-0.2, 0) is 4.79 Å². The number of carbonyl (C=O) groups is 1. The highest BCUT2D eigenvalue weighted by atomic mass is 16.6. The molecule has 0 aromatic carbocycles. The van der Waals surface area contributed by atoms with Crippen LogP contribution in [0.1, 0.15) is 24.6 Å². The van der Waals surface area contributed by atoms with Crippen LogP contribution < -0.4 is 5.32 Å². The largest absolute Gasteiger partial charge is 0.356 e. The molecule has 1 aromatic heterocycles. The lowest BCUT2D eigenvalue weighted by atomic mass is 10.2. The lowest BCUT2D eigenvalue weighted by Gasteiger charge is -1.99. The van der Waals surface area contributed by atoms with Crippen molar-refractivity contribution >= 4 is 17.7 Å².